The molecule has 0 atom stereocenters. The molecular formula is C10H13BrN2O2S. The van der Waals surface area contributed by atoms with Crippen LogP contribution in [0.3, 0.4) is 0 Å². The molecule has 1 rings (SSSR count). The fourth-order valence-corrected chi connectivity index (χ4v) is 2.58. The molecule has 88 valence electrons. The molecule has 0 radical (unpaired) electrons. The maximum atomic E-state index is 11.5. The van der Waals surface area contributed by atoms with E-state index in [1.165, 1.54) is 18.9 Å². The fraction of sp³-hybridized carbons (Fsp3) is 0.400. The van der Waals surface area contributed by atoms with Crippen LogP contribution in [0.4, 0.5) is 5.82 Å². The van der Waals surface area contributed by atoms with Crippen molar-refractivity contribution >= 4 is 39.5 Å². The molecule has 0 aliphatic rings. The molecule has 0 bridgehead atoms. The molecule has 4 nitrogen and oxygen atoms in total. The van der Waals surface area contributed by atoms with Crippen LogP contribution in [0.2, 0.25) is 0 Å². The Morgan fingerprint density at radius 1 is 1.62 bits per heavy atom. The van der Waals surface area contributed by atoms with Crippen molar-refractivity contribution in [1.29, 1.82) is 0 Å². The van der Waals surface area contributed by atoms with E-state index < -0.39 is 4.75 Å². The van der Waals surface area contributed by atoms with Gasteiger partial charge >= 0.3 is 5.97 Å². The first-order valence-corrected chi connectivity index (χ1v) is 6.16. The van der Waals surface area contributed by atoms with E-state index >= 15 is 0 Å². The highest BCUT2D eigenvalue weighted by atomic mass is 79.9. The molecule has 1 heterocycles. The maximum Gasteiger partial charge on any atom is 0.321 e. The normalized spacial score (nSPS) is 11.2. The van der Waals surface area contributed by atoms with Gasteiger partial charge in [0.25, 0.3) is 0 Å². The van der Waals surface area contributed by atoms with Crippen LogP contribution in [0.25, 0.3) is 0 Å². The van der Waals surface area contributed by atoms with E-state index in [4.69, 9.17) is 10.5 Å². The molecule has 6 heteroatoms. The lowest BCUT2D eigenvalue weighted by atomic mass is 10.2. The lowest BCUT2D eigenvalue weighted by Gasteiger charge is -2.21. The summed E-state index contributed by atoms with van der Waals surface area (Å²) in [5, 5.41) is 0. The Kier molecular flexibility index (Phi) is 4.21. The summed E-state index contributed by atoms with van der Waals surface area (Å²) in [6, 6.07) is 1.72. The minimum atomic E-state index is -0.662. The summed E-state index contributed by atoms with van der Waals surface area (Å²) >= 11 is 4.74. The van der Waals surface area contributed by atoms with Crippen LogP contribution in [0.1, 0.15) is 13.8 Å². The predicted octanol–water partition coefficient (Wildman–Crippen LogP) is 2.47. The molecule has 16 heavy (non-hydrogen) atoms. The van der Waals surface area contributed by atoms with Gasteiger partial charge < -0.3 is 10.5 Å². The molecule has 0 aromatic carbocycles. The highest BCUT2D eigenvalue weighted by Gasteiger charge is 2.30. The van der Waals surface area contributed by atoms with Crippen LogP contribution in [0.15, 0.2) is 21.6 Å². The van der Waals surface area contributed by atoms with Crippen LogP contribution in [0.5, 0.6) is 0 Å². The number of thioether (sulfide) groups is 1. The van der Waals surface area contributed by atoms with Crippen molar-refractivity contribution in [2.24, 2.45) is 0 Å². The Balaban J connectivity index is 2.95. The molecule has 0 aliphatic carbocycles. The van der Waals surface area contributed by atoms with Crippen molar-refractivity contribution in [3.8, 4) is 0 Å². The van der Waals surface area contributed by atoms with Crippen LogP contribution < -0.4 is 5.73 Å². The van der Waals surface area contributed by atoms with Gasteiger partial charge in [-0.1, -0.05) is 0 Å². The number of ether oxygens (including phenoxy) is 1. The number of methoxy groups -OCH3 is 1. The van der Waals surface area contributed by atoms with Crippen molar-refractivity contribution in [1.82, 2.24) is 4.98 Å². The Labute approximate surface area is 107 Å². The van der Waals surface area contributed by atoms with Crippen molar-refractivity contribution in [3.63, 3.8) is 0 Å². The first-order valence-electron chi connectivity index (χ1n) is 4.55. The lowest BCUT2D eigenvalue weighted by molar-refractivity contribution is -0.142. The van der Waals surface area contributed by atoms with Crippen molar-refractivity contribution in [3.05, 3.63) is 16.7 Å². The summed E-state index contributed by atoms with van der Waals surface area (Å²) in [6.45, 7) is 3.60. The third kappa shape index (κ3) is 3.12. The molecule has 1 aromatic heterocycles. The summed E-state index contributed by atoms with van der Waals surface area (Å²) in [5.41, 5.74) is 5.59. The Morgan fingerprint density at radius 3 is 2.81 bits per heavy atom. The number of carbonyl (C=O) groups excluding carboxylic acids is 1. The third-order valence-corrected chi connectivity index (χ3v) is 4.01. The topological polar surface area (TPSA) is 65.2 Å². The Bertz CT molecular complexity index is 410. The highest BCUT2D eigenvalue weighted by Crippen LogP contribution is 2.37. The van der Waals surface area contributed by atoms with Crippen molar-refractivity contribution in [2.75, 3.05) is 12.8 Å². The molecule has 0 saturated heterocycles. The van der Waals surface area contributed by atoms with E-state index in [9.17, 15) is 4.79 Å². The molecule has 0 unspecified atom stereocenters. The predicted molar refractivity (Wildman–Crippen MR) is 68.3 cm³/mol. The van der Waals surface area contributed by atoms with E-state index in [2.05, 4.69) is 20.9 Å². The Morgan fingerprint density at radius 2 is 2.25 bits per heavy atom. The summed E-state index contributed by atoms with van der Waals surface area (Å²) in [4.78, 5) is 16.3. The van der Waals surface area contributed by atoms with E-state index in [0.29, 0.717) is 5.82 Å². The second kappa shape index (κ2) is 5.05. The largest absolute Gasteiger partial charge is 0.468 e. The molecule has 0 saturated carbocycles. The summed E-state index contributed by atoms with van der Waals surface area (Å²) in [6.07, 6.45) is 1.62. The number of pyridine rings is 1. The van der Waals surface area contributed by atoms with Gasteiger partial charge in [-0.3, -0.25) is 4.79 Å². The van der Waals surface area contributed by atoms with Crippen LogP contribution in [-0.2, 0) is 9.53 Å². The average molecular weight is 305 g/mol. The average Bonchev–Trinajstić information content (AvgIpc) is 2.22. The number of carbonyl (C=O) groups is 1. The number of nitrogens with two attached hydrogens (primary N) is 1. The second-order valence-corrected chi connectivity index (χ2v) is 6.16. The van der Waals surface area contributed by atoms with Crippen molar-refractivity contribution < 1.29 is 9.53 Å². The zero-order valence-electron chi connectivity index (χ0n) is 9.28. The highest BCUT2D eigenvalue weighted by molar-refractivity contribution is 9.10. The lowest BCUT2D eigenvalue weighted by Crippen LogP contribution is -2.28. The minimum absolute atomic E-state index is 0.278. The number of esters is 1. The summed E-state index contributed by atoms with van der Waals surface area (Å²) in [5.74, 6) is 0.145. The van der Waals surface area contributed by atoms with Gasteiger partial charge in [0.15, 0.2) is 0 Å². The number of hydrogen-bond acceptors (Lipinski definition) is 5. The van der Waals surface area contributed by atoms with Gasteiger partial charge in [0.2, 0.25) is 0 Å². The number of nitrogens with zero attached hydrogens (tertiary/aromatic N) is 1. The standard InChI is InChI=1S/C10H13BrN2O2S/c1-10(2,9(14)15-3)16-7-4-8(12)13-5-6(7)11/h4-5H,1-3H3,(H2,12,13). The second-order valence-electron chi connectivity index (χ2n) is 3.64. The number of hydrogen-bond donors (Lipinski definition) is 1. The van der Waals surface area contributed by atoms with Crippen LogP contribution in [0, 0.1) is 0 Å². The monoisotopic (exact) mass is 304 g/mol. The fourth-order valence-electron chi connectivity index (χ4n) is 1.08. The number of halogens is 1. The van der Waals surface area contributed by atoms with Gasteiger partial charge in [-0.25, -0.2) is 4.98 Å². The number of anilines is 1. The van der Waals surface area contributed by atoms with Gasteiger partial charge in [0.05, 0.1) is 7.11 Å². The molecule has 0 amide bonds. The van der Waals surface area contributed by atoms with Crippen molar-refractivity contribution in [2.45, 2.75) is 23.5 Å². The van der Waals surface area contributed by atoms with Gasteiger partial charge in [0, 0.05) is 15.6 Å². The first-order chi connectivity index (χ1) is 7.36. The van der Waals surface area contributed by atoms with E-state index in [1.54, 1.807) is 26.1 Å². The molecule has 0 aliphatic heterocycles. The third-order valence-electron chi connectivity index (χ3n) is 1.88. The number of nitrogen functional groups attached to an aromatic ring is 1. The van der Waals surface area contributed by atoms with E-state index in [0.717, 1.165) is 9.37 Å². The molecular weight excluding hydrogens is 292 g/mol. The zero-order chi connectivity index (χ0) is 12.3. The minimum Gasteiger partial charge on any atom is -0.468 e. The molecule has 0 fully saturated rings. The number of aromatic nitrogens is 1. The first kappa shape index (κ1) is 13.3. The maximum absolute atomic E-state index is 11.5. The summed E-state index contributed by atoms with van der Waals surface area (Å²) in [7, 11) is 1.38. The Hall–Kier alpha value is -0.750. The van der Waals surface area contributed by atoms with Gasteiger partial charge in [0.1, 0.15) is 10.6 Å². The van der Waals surface area contributed by atoms with E-state index in [-0.39, 0.29) is 5.97 Å². The SMILES string of the molecule is COC(=O)C(C)(C)Sc1cc(N)ncc1Br. The van der Waals surface area contributed by atoms with E-state index in [1.807, 2.05) is 0 Å². The molecule has 0 spiro atoms. The summed E-state index contributed by atoms with van der Waals surface area (Å²) < 4.78 is 4.88. The molecule has 2 N–H and O–H groups in total. The van der Waals surface area contributed by atoms with Crippen LogP contribution >= 0.6 is 27.7 Å². The zero-order valence-corrected chi connectivity index (χ0v) is 11.7. The number of rotatable bonds is 3. The van der Waals surface area contributed by atoms with Gasteiger partial charge in [-0.2, -0.15) is 0 Å². The smallest absolute Gasteiger partial charge is 0.321 e. The van der Waals surface area contributed by atoms with Crippen LogP contribution in [-0.4, -0.2) is 22.8 Å². The molecule has 1 aromatic rings. The van der Waals surface area contributed by atoms with Gasteiger partial charge in [-0.15, -0.1) is 11.8 Å². The van der Waals surface area contributed by atoms with Gasteiger partial charge in [-0.05, 0) is 35.8 Å². The quantitative estimate of drug-likeness (QED) is 0.686.